The number of piperidine rings is 1. The van der Waals surface area contributed by atoms with E-state index in [2.05, 4.69) is 16.1 Å². The van der Waals surface area contributed by atoms with Crippen LogP contribution in [0.2, 0.25) is 0 Å². The van der Waals surface area contributed by atoms with Gasteiger partial charge in [-0.15, -0.1) is 0 Å². The third kappa shape index (κ3) is 2.74. The average molecular weight is 308 g/mol. The fraction of sp³-hybridized carbons (Fsp3) is 0.333. The zero-order valence-corrected chi connectivity index (χ0v) is 13.0. The summed E-state index contributed by atoms with van der Waals surface area (Å²) < 4.78 is 2.02. The number of nitrogens with one attached hydrogen (secondary N) is 1. The van der Waals surface area contributed by atoms with E-state index in [0.717, 1.165) is 42.4 Å². The Balaban J connectivity index is 1.40. The molecule has 1 saturated heterocycles. The van der Waals surface area contributed by atoms with Gasteiger partial charge in [-0.2, -0.15) is 5.10 Å². The van der Waals surface area contributed by atoms with Gasteiger partial charge < -0.3 is 9.88 Å². The summed E-state index contributed by atoms with van der Waals surface area (Å²) in [4.78, 5) is 17.8. The van der Waals surface area contributed by atoms with Crippen molar-refractivity contribution in [2.75, 3.05) is 13.1 Å². The molecule has 0 spiro atoms. The molecule has 3 heterocycles. The number of amides is 1. The summed E-state index contributed by atoms with van der Waals surface area (Å²) >= 11 is 0. The third-order valence-corrected chi connectivity index (χ3v) is 4.73. The van der Waals surface area contributed by atoms with Crippen molar-refractivity contribution >= 4 is 16.8 Å². The lowest BCUT2D eigenvalue weighted by molar-refractivity contribution is -0.131. The quantitative estimate of drug-likeness (QED) is 0.809. The first-order valence-corrected chi connectivity index (χ1v) is 8.13. The minimum Gasteiger partial charge on any atom is -0.361 e. The number of fused-ring (bicyclic) bond motifs is 1. The van der Waals surface area contributed by atoms with Crippen LogP contribution in [-0.2, 0) is 11.2 Å². The van der Waals surface area contributed by atoms with Gasteiger partial charge in [-0.1, -0.05) is 18.2 Å². The molecule has 3 aromatic rings. The molecule has 0 bridgehead atoms. The van der Waals surface area contributed by atoms with Crippen molar-refractivity contribution in [2.45, 2.75) is 25.3 Å². The van der Waals surface area contributed by atoms with Crippen LogP contribution in [0.5, 0.6) is 0 Å². The predicted octanol–water partition coefficient (Wildman–Crippen LogP) is 2.77. The van der Waals surface area contributed by atoms with E-state index >= 15 is 0 Å². The Bertz CT molecular complexity index is 797. The van der Waals surface area contributed by atoms with Crippen LogP contribution >= 0.6 is 0 Å². The Morgan fingerprint density at radius 2 is 2.04 bits per heavy atom. The first-order chi connectivity index (χ1) is 11.3. The maximum atomic E-state index is 12.6. The minimum absolute atomic E-state index is 0.216. The maximum absolute atomic E-state index is 12.6. The molecule has 0 saturated carbocycles. The van der Waals surface area contributed by atoms with E-state index < -0.39 is 0 Å². The second-order valence-electron chi connectivity index (χ2n) is 6.13. The van der Waals surface area contributed by atoms with Crippen molar-refractivity contribution in [3.63, 3.8) is 0 Å². The molecule has 0 unspecified atom stereocenters. The van der Waals surface area contributed by atoms with Crippen LogP contribution in [0, 0.1) is 0 Å². The molecule has 23 heavy (non-hydrogen) atoms. The fourth-order valence-corrected chi connectivity index (χ4v) is 3.43. The number of carbonyl (C=O) groups is 1. The summed E-state index contributed by atoms with van der Waals surface area (Å²) in [6.07, 6.45) is 8.20. The summed E-state index contributed by atoms with van der Waals surface area (Å²) in [6, 6.07) is 10.5. The molecule has 1 fully saturated rings. The Hall–Kier alpha value is -2.56. The van der Waals surface area contributed by atoms with Gasteiger partial charge in [0.05, 0.1) is 12.5 Å². The van der Waals surface area contributed by atoms with Gasteiger partial charge in [0.1, 0.15) is 0 Å². The predicted molar refractivity (Wildman–Crippen MR) is 89.1 cm³/mol. The maximum Gasteiger partial charge on any atom is 0.227 e. The Morgan fingerprint density at radius 3 is 2.83 bits per heavy atom. The molecular weight excluding hydrogens is 288 g/mol. The molecule has 5 heteroatoms. The molecule has 0 radical (unpaired) electrons. The average Bonchev–Trinajstić information content (AvgIpc) is 3.25. The van der Waals surface area contributed by atoms with Crippen LogP contribution in [0.3, 0.4) is 0 Å². The largest absolute Gasteiger partial charge is 0.361 e. The number of benzene rings is 1. The number of hydrogen-bond donors (Lipinski definition) is 1. The summed E-state index contributed by atoms with van der Waals surface area (Å²) in [6.45, 7) is 1.62. The number of likely N-dealkylation sites (tertiary alicyclic amines) is 1. The van der Waals surface area contributed by atoms with Gasteiger partial charge in [-0.25, -0.2) is 0 Å². The second kappa shape index (κ2) is 5.91. The molecule has 1 aliphatic heterocycles. The van der Waals surface area contributed by atoms with Crippen molar-refractivity contribution in [1.29, 1.82) is 0 Å². The van der Waals surface area contributed by atoms with Gasteiger partial charge in [0, 0.05) is 42.6 Å². The zero-order chi connectivity index (χ0) is 15.6. The van der Waals surface area contributed by atoms with Gasteiger partial charge in [-0.3, -0.25) is 9.48 Å². The highest BCUT2D eigenvalue weighted by Crippen LogP contribution is 2.23. The summed E-state index contributed by atoms with van der Waals surface area (Å²) in [5.74, 6) is 0.216. The third-order valence-electron chi connectivity index (χ3n) is 4.73. The van der Waals surface area contributed by atoms with Crippen molar-refractivity contribution in [3.8, 4) is 0 Å². The lowest BCUT2D eigenvalue weighted by atomic mass is 10.0. The standard InChI is InChI=1S/C18H20N4O/c23-18(12-14-13-19-17-5-2-1-4-16(14)17)21-10-6-15(7-11-21)22-9-3-8-20-22/h1-5,8-9,13,15,19H,6-7,10-12H2. The number of rotatable bonds is 3. The topological polar surface area (TPSA) is 53.9 Å². The van der Waals surface area contributed by atoms with Gasteiger partial charge >= 0.3 is 0 Å². The monoisotopic (exact) mass is 308 g/mol. The normalized spacial score (nSPS) is 16.1. The molecule has 118 valence electrons. The van der Waals surface area contributed by atoms with E-state index in [1.54, 1.807) is 0 Å². The Morgan fingerprint density at radius 1 is 1.22 bits per heavy atom. The molecule has 1 aromatic carbocycles. The van der Waals surface area contributed by atoms with Crippen molar-refractivity contribution in [2.24, 2.45) is 0 Å². The molecule has 1 N–H and O–H groups in total. The van der Waals surface area contributed by atoms with Crippen LogP contribution in [-0.4, -0.2) is 38.7 Å². The lowest BCUT2D eigenvalue weighted by Gasteiger charge is -2.32. The fourth-order valence-electron chi connectivity index (χ4n) is 3.43. The second-order valence-corrected chi connectivity index (χ2v) is 6.13. The van der Waals surface area contributed by atoms with E-state index in [1.165, 1.54) is 0 Å². The van der Waals surface area contributed by atoms with Crippen molar-refractivity contribution < 1.29 is 4.79 Å². The number of para-hydroxylation sites is 1. The van der Waals surface area contributed by atoms with Gasteiger partial charge in [-0.05, 0) is 30.5 Å². The van der Waals surface area contributed by atoms with E-state index in [1.807, 2.05) is 52.4 Å². The van der Waals surface area contributed by atoms with E-state index in [0.29, 0.717) is 12.5 Å². The SMILES string of the molecule is O=C(Cc1c[nH]c2ccccc12)N1CCC(n2cccn2)CC1. The molecule has 0 atom stereocenters. The number of aromatic nitrogens is 3. The number of nitrogens with zero attached hydrogens (tertiary/aromatic N) is 3. The van der Waals surface area contributed by atoms with Crippen molar-refractivity contribution in [3.05, 3.63) is 54.5 Å². The summed E-state index contributed by atoms with van der Waals surface area (Å²) in [7, 11) is 0. The molecule has 5 nitrogen and oxygen atoms in total. The van der Waals surface area contributed by atoms with E-state index in [4.69, 9.17) is 0 Å². The molecule has 4 rings (SSSR count). The van der Waals surface area contributed by atoms with E-state index in [9.17, 15) is 4.79 Å². The van der Waals surface area contributed by atoms with Crippen LogP contribution in [0.1, 0.15) is 24.4 Å². The molecule has 1 aliphatic rings. The highest BCUT2D eigenvalue weighted by Gasteiger charge is 2.24. The van der Waals surface area contributed by atoms with Gasteiger partial charge in [0.15, 0.2) is 0 Å². The van der Waals surface area contributed by atoms with Crippen molar-refractivity contribution in [1.82, 2.24) is 19.7 Å². The number of aromatic amines is 1. The van der Waals surface area contributed by atoms with Crippen LogP contribution in [0.15, 0.2) is 48.9 Å². The summed E-state index contributed by atoms with van der Waals surface area (Å²) in [5, 5.41) is 5.46. The van der Waals surface area contributed by atoms with Gasteiger partial charge in [0.25, 0.3) is 0 Å². The number of carbonyl (C=O) groups excluding carboxylic acids is 1. The van der Waals surface area contributed by atoms with Gasteiger partial charge in [0.2, 0.25) is 5.91 Å². The Labute approximate surface area is 134 Å². The molecule has 0 aliphatic carbocycles. The zero-order valence-electron chi connectivity index (χ0n) is 13.0. The van der Waals surface area contributed by atoms with Crippen LogP contribution in [0.25, 0.3) is 10.9 Å². The number of hydrogen-bond acceptors (Lipinski definition) is 2. The summed E-state index contributed by atoms with van der Waals surface area (Å²) in [5.41, 5.74) is 2.17. The van der Waals surface area contributed by atoms with Crippen LogP contribution < -0.4 is 0 Å². The molecule has 1 amide bonds. The van der Waals surface area contributed by atoms with E-state index in [-0.39, 0.29) is 5.91 Å². The van der Waals surface area contributed by atoms with Crippen LogP contribution in [0.4, 0.5) is 0 Å². The highest BCUT2D eigenvalue weighted by molar-refractivity contribution is 5.88. The first kappa shape index (κ1) is 14.1. The minimum atomic E-state index is 0.216. The highest BCUT2D eigenvalue weighted by atomic mass is 16.2. The Kier molecular flexibility index (Phi) is 3.61. The first-order valence-electron chi connectivity index (χ1n) is 8.13. The number of H-pyrrole nitrogens is 1. The molecular formula is C18H20N4O. The smallest absolute Gasteiger partial charge is 0.227 e. The lowest BCUT2D eigenvalue weighted by Crippen LogP contribution is -2.39. The molecule has 2 aromatic heterocycles.